The van der Waals surface area contributed by atoms with Gasteiger partial charge in [0.15, 0.2) is 6.10 Å². The van der Waals surface area contributed by atoms with Crippen molar-refractivity contribution < 1.29 is 9.53 Å². The number of aryl methyl sites for hydroxylation is 1. The van der Waals surface area contributed by atoms with Crippen LogP contribution in [0.1, 0.15) is 37.4 Å². The van der Waals surface area contributed by atoms with E-state index in [1.807, 2.05) is 61.2 Å². The zero-order valence-corrected chi connectivity index (χ0v) is 16.2. The third kappa shape index (κ3) is 5.54. The van der Waals surface area contributed by atoms with Gasteiger partial charge in [-0.3, -0.25) is 9.78 Å². The second-order valence-electron chi connectivity index (χ2n) is 7.20. The molecular formula is C22H29N3O2. The van der Waals surface area contributed by atoms with Crippen LogP contribution in [0.25, 0.3) is 0 Å². The standard InChI is InChI=1S/C22H29N3O2/c1-17-8-10-21(11-9-17)27-18(2)22(26)25(16-19-6-3-4-14-24-19)20-7-5-13-23-15-12-20/h3-4,6,8-11,14,18,20,23H,5,7,12-13,15-16H2,1-2H3. The number of amides is 1. The van der Waals surface area contributed by atoms with Crippen molar-refractivity contribution in [3.63, 3.8) is 0 Å². The van der Waals surface area contributed by atoms with E-state index in [1.54, 1.807) is 6.20 Å². The maximum Gasteiger partial charge on any atom is 0.263 e. The highest BCUT2D eigenvalue weighted by Crippen LogP contribution is 2.20. The molecule has 144 valence electrons. The molecule has 2 aromatic rings. The fraction of sp³-hybridized carbons (Fsp3) is 0.455. The summed E-state index contributed by atoms with van der Waals surface area (Å²) in [7, 11) is 0. The molecule has 0 radical (unpaired) electrons. The van der Waals surface area contributed by atoms with E-state index in [1.165, 1.54) is 5.56 Å². The molecule has 1 fully saturated rings. The van der Waals surface area contributed by atoms with Crippen molar-refractivity contribution in [3.8, 4) is 5.75 Å². The molecule has 1 aliphatic rings. The fourth-order valence-electron chi connectivity index (χ4n) is 3.47. The Hall–Kier alpha value is -2.40. The fourth-order valence-corrected chi connectivity index (χ4v) is 3.47. The van der Waals surface area contributed by atoms with Crippen molar-refractivity contribution in [2.24, 2.45) is 0 Å². The van der Waals surface area contributed by atoms with Crippen molar-refractivity contribution in [2.45, 2.75) is 51.8 Å². The summed E-state index contributed by atoms with van der Waals surface area (Å²) in [4.78, 5) is 19.7. The Balaban J connectivity index is 1.75. The molecule has 1 saturated heterocycles. The van der Waals surface area contributed by atoms with Crippen molar-refractivity contribution >= 4 is 5.91 Å². The normalized spacial score (nSPS) is 18.4. The molecule has 1 amide bonds. The Bertz CT molecular complexity index is 710. The number of nitrogens with zero attached hydrogens (tertiary/aromatic N) is 2. The lowest BCUT2D eigenvalue weighted by molar-refractivity contribution is -0.141. The van der Waals surface area contributed by atoms with Crippen LogP contribution in [0.2, 0.25) is 0 Å². The van der Waals surface area contributed by atoms with E-state index in [0.717, 1.165) is 43.8 Å². The number of carbonyl (C=O) groups is 1. The summed E-state index contributed by atoms with van der Waals surface area (Å²) in [6.45, 7) is 6.34. The molecule has 1 N–H and O–H groups in total. The minimum Gasteiger partial charge on any atom is -0.481 e. The third-order valence-corrected chi connectivity index (χ3v) is 5.01. The number of rotatable bonds is 6. The van der Waals surface area contributed by atoms with Crippen molar-refractivity contribution in [3.05, 3.63) is 59.9 Å². The van der Waals surface area contributed by atoms with E-state index in [2.05, 4.69) is 10.3 Å². The molecule has 0 spiro atoms. The lowest BCUT2D eigenvalue weighted by Gasteiger charge is -2.33. The molecule has 1 aliphatic heterocycles. The predicted molar refractivity (Wildman–Crippen MR) is 107 cm³/mol. The highest BCUT2D eigenvalue weighted by molar-refractivity contribution is 5.81. The average molecular weight is 367 g/mol. The van der Waals surface area contributed by atoms with Crippen molar-refractivity contribution in [1.29, 1.82) is 0 Å². The second kappa shape index (κ2) is 9.51. The van der Waals surface area contributed by atoms with Gasteiger partial charge in [0.1, 0.15) is 5.75 Å². The first kappa shape index (κ1) is 19.4. The summed E-state index contributed by atoms with van der Waals surface area (Å²) in [5, 5.41) is 3.42. The molecule has 1 aromatic carbocycles. The van der Waals surface area contributed by atoms with Gasteiger partial charge in [-0.25, -0.2) is 0 Å². The van der Waals surface area contributed by atoms with E-state index < -0.39 is 6.10 Å². The van der Waals surface area contributed by atoms with E-state index in [4.69, 9.17) is 4.74 Å². The minimum atomic E-state index is -0.535. The molecule has 3 rings (SSSR count). The molecule has 1 aromatic heterocycles. The Morgan fingerprint density at radius 3 is 2.78 bits per heavy atom. The molecule has 5 heteroatoms. The summed E-state index contributed by atoms with van der Waals surface area (Å²) in [6.07, 6.45) is 4.27. The number of benzene rings is 1. The Labute approximate surface area is 161 Å². The van der Waals surface area contributed by atoms with Crippen LogP contribution in [0.5, 0.6) is 5.75 Å². The first-order valence-electron chi connectivity index (χ1n) is 9.78. The molecule has 0 bridgehead atoms. The Morgan fingerprint density at radius 2 is 2.04 bits per heavy atom. The van der Waals surface area contributed by atoms with Crippen molar-refractivity contribution in [1.82, 2.24) is 15.2 Å². The zero-order chi connectivity index (χ0) is 19.1. The molecule has 2 unspecified atom stereocenters. The summed E-state index contributed by atoms with van der Waals surface area (Å²) >= 11 is 0. The van der Waals surface area contributed by atoms with Crippen LogP contribution >= 0.6 is 0 Å². The number of aromatic nitrogens is 1. The Morgan fingerprint density at radius 1 is 1.22 bits per heavy atom. The number of hydrogen-bond acceptors (Lipinski definition) is 4. The van der Waals surface area contributed by atoms with Crippen LogP contribution in [-0.2, 0) is 11.3 Å². The number of hydrogen-bond donors (Lipinski definition) is 1. The van der Waals surface area contributed by atoms with E-state index in [9.17, 15) is 4.79 Å². The van der Waals surface area contributed by atoms with E-state index >= 15 is 0 Å². The molecule has 0 saturated carbocycles. The summed E-state index contributed by atoms with van der Waals surface area (Å²) in [5.74, 6) is 0.745. The SMILES string of the molecule is Cc1ccc(OC(C)C(=O)N(Cc2ccccn2)C2CCCNCC2)cc1. The highest BCUT2D eigenvalue weighted by Gasteiger charge is 2.29. The lowest BCUT2D eigenvalue weighted by atomic mass is 10.1. The van der Waals surface area contributed by atoms with Gasteiger partial charge in [0.2, 0.25) is 0 Å². The molecule has 0 aliphatic carbocycles. The van der Waals surface area contributed by atoms with Crippen LogP contribution in [0.4, 0.5) is 0 Å². The van der Waals surface area contributed by atoms with Crippen LogP contribution in [-0.4, -0.2) is 41.0 Å². The topological polar surface area (TPSA) is 54.5 Å². The minimum absolute atomic E-state index is 0.0214. The first-order chi connectivity index (χ1) is 13.1. The molecular weight excluding hydrogens is 338 g/mol. The number of pyridine rings is 1. The largest absolute Gasteiger partial charge is 0.481 e. The number of carbonyl (C=O) groups excluding carboxylic acids is 1. The predicted octanol–water partition coefficient (Wildman–Crippen LogP) is 3.33. The number of ether oxygens (including phenoxy) is 1. The highest BCUT2D eigenvalue weighted by atomic mass is 16.5. The summed E-state index contributed by atoms with van der Waals surface area (Å²) in [6, 6.07) is 13.9. The monoisotopic (exact) mass is 367 g/mol. The quantitative estimate of drug-likeness (QED) is 0.851. The van der Waals surface area contributed by atoms with Crippen molar-refractivity contribution in [2.75, 3.05) is 13.1 Å². The average Bonchev–Trinajstić information content (AvgIpc) is 2.97. The van der Waals surface area contributed by atoms with Crippen LogP contribution in [0.3, 0.4) is 0 Å². The molecule has 2 atom stereocenters. The smallest absolute Gasteiger partial charge is 0.263 e. The van der Waals surface area contributed by atoms with Crippen LogP contribution in [0, 0.1) is 6.92 Å². The van der Waals surface area contributed by atoms with Gasteiger partial charge in [-0.05, 0) is 70.5 Å². The Kier molecular flexibility index (Phi) is 6.82. The van der Waals surface area contributed by atoms with Crippen LogP contribution < -0.4 is 10.1 Å². The van der Waals surface area contributed by atoms with Gasteiger partial charge in [0, 0.05) is 12.2 Å². The first-order valence-corrected chi connectivity index (χ1v) is 9.78. The van der Waals surface area contributed by atoms with Gasteiger partial charge in [0.05, 0.1) is 12.2 Å². The maximum atomic E-state index is 13.3. The van der Waals surface area contributed by atoms with E-state index in [-0.39, 0.29) is 11.9 Å². The summed E-state index contributed by atoms with van der Waals surface area (Å²) in [5.41, 5.74) is 2.08. The van der Waals surface area contributed by atoms with Gasteiger partial charge >= 0.3 is 0 Å². The molecule has 27 heavy (non-hydrogen) atoms. The molecule has 2 heterocycles. The van der Waals surface area contributed by atoms with Gasteiger partial charge in [-0.15, -0.1) is 0 Å². The van der Waals surface area contributed by atoms with Gasteiger partial charge in [-0.2, -0.15) is 0 Å². The van der Waals surface area contributed by atoms with Gasteiger partial charge < -0.3 is 15.0 Å². The third-order valence-electron chi connectivity index (χ3n) is 5.01. The molecule has 5 nitrogen and oxygen atoms in total. The number of nitrogens with one attached hydrogen (secondary N) is 1. The van der Waals surface area contributed by atoms with E-state index in [0.29, 0.717) is 6.54 Å². The van der Waals surface area contributed by atoms with Gasteiger partial charge in [-0.1, -0.05) is 23.8 Å². The zero-order valence-electron chi connectivity index (χ0n) is 16.2. The maximum absolute atomic E-state index is 13.3. The second-order valence-corrected chi connectivity index (χ2v) is 7.20. The lowest BCUT2D eigenvalue weighted by Crippen LogP contribution is -2.46. The summed E-state index contributed by atoms with van der Waals surface area (Å²) < 4.78 is 5.94. The van der Waals surface area contributed by atoms with Gasteiger partial charge in [0.25, 0.3) is 5.91 Å². The van der Waals surface area contributed by atoms with Crippen LogP contribution in [0.15, 0.2) is 48.7 Å².